The number of hydrogen-bond acceptors (Lipinski definition) is 4. The molecule has 0 bridgehead atoms. The summed E-state index contributed by atoms with van der Waals surface area (Å²) in [7, 11) is 0. The molecule has 0 fully saturated rings. The van der Waals surface area contributed by atoms with Gasteiger partial charge in [-0.3, -0.25) is 0 Å². The number of benzene rings is 1. The lowest BCUT2D eigenvalue weighted by atomic mass is 9.91. The fraction of sp³-hybridized carbons (Fsp3) is 0.333. The van der Waals surface area contributed by atoms with Crippen LogP contribution in [0.1, 0.15) is 23.7 Å². The van der Waals surface area contributed by atoms with Gasteiger partial charge in [-0.15, -0.1) is 0 Å². The lowest BCUT2D eigenvalue weighted by molar-refractivity contribution is 0.270. The minimum Gasteiger partial charge on any atom is -0.493 e. The molecule has 4 heteroatoms. The minimum atomic E-state index is 0.381. The molecule has 1 aliphatic heterocycles. The zero-order valence-corrected chi connectivity index (χ0v) is 11.0. The van der Waals surface area contributed by atoms with Crippen LogP contribution >= 0.6 is 0 Å². The number of fused-ring (bicyclic) bond motifs is 1. The topological polar surface area (TPSA) is 61.0 Å². The molecule has 2 aromatic rings. The summed E-state index contributed by atoms with van der Waals surface area (Å²) in [4.78, 5) is 8.62. The fourth-order valence-electron chi connectivity index (χ4n) is 2.55. The largest absolute Gasteiger partial charge is 0.493 e. The Labute approximate surface area is 112 Å². The van der Waals surface area contributed by atoms with E-state index in [2.05, 4.69) is 16.0 Å². The first-order valence-corrected chi connectivity index (χ1v) is 6.55. The van der Waals surface area contributed by atoms with E-state index in [1.807, 2.05) is 25.1 Å². The molecule has 0 saturated heterocycles. The summed E-state index contributed by atoms with van der Waals surface area (Å²) in [6, 6.07) is 8.10. The van der Waals surface area contributed by atoms with E-state index in [0.29, 0.717) is 12.5 Å². The Balaban J connectivity index is 2.13. The number of nitrogens with zero attached hydrogens (tertiary/aromatic N) is 2. The highest BCUT2D eigenvalue weighted by Gasteiger charge is 2.23. The first-order chi connectivity index (χ1) is 9.29. The summed E-state index contributed by atoms with van der Waals surface area (Å²) in [6.45, 7) is 3.26. The Morgan fingerprint density at radius 2 is 2.26 bits per heavy atom. The summed E-state index contributed by atoms with van der Waals surface area (Å²) < 4.78 is 5.86. The molecule has 1 aromatic heterocycles. The summed E-state index contributed by atoms with van der Waals surface area (Å²) in [5.41, 5.74) is 8.98. The Morgan fingerprint density at radius 3 is 3.05 bits per heavy atom. The molecule has 0 radical (unpaired) electrons. The van der Waals surface area contributed by atoms with E-state index in [-0.39, 0.29) is 0 Å². The van der Waals surface area contributed by atoms with Crippen LogP contribution in [-0.2, 0) is 0 Å². The van der Waals surface area contributed by atoms with Crippen molar-refractivity contribution < 1.29 is 4.74 Å². The maximum Gasteiger partial charge on any atom is 0.132 e. The van der Waals surface area contributed by atoms with Crippen LogP contribution in [0.4, 0.5) is 0 Å². The van der Waals surface area contributed by atoms with Crippen molar-refractivity contribution in [3.63, 3.8) is 0 Å². The van der Waals surface area contributed by atoms with E-state index in [0.717, 1.165) is 35.9 Å². The zero-order chi connectivity index (χ0) is 13.2. The fourth-order valence-corrected chi connectivity index (χ4v) is 2.55. The normalized spacial score (nSPS) is 17.7. The Kier molecular flexibility index (Phi) is 3.17. The maximum atomic E-state index is 5.86. The number of rotatable bonds is 2. The van der Waals surface area contributed by atoms with E-state index < -0.39 is 0 Å². The van der Waals surface area contributed by atoms with Gasteiger partial charge in [0.05, 0.1) is 12.3 Å². The highest BCUT2D eigenvalue weighted by Crippen LogP contribution is 2.39. The smallest absolute Gasteiger partial charge is 0.132 e. The van der Waals surface area contributed by atoms with Gasteiger partial charge in [0.2, 0.25) is 0 Å². The number of ether oxygens (including phenoxy) is 1. The number of para-hydroxylation sites is 1. The minimum absolute atomic E-state index is 0.381. The van der Waals surface area contributed by atoms with Crippen LogP contribution in [-0.4, -0.2) is 23.1 Å². The summed E-state index contributed by atoms with van der Waals surface area (Å²) >= 11 is 0. The third-order valence-corrected chi connectivity index (χ3v) is 3.53. The predicted molar refractivity (Wildman–Crippen MR) is 74.1 cm³/mol. The monoisotopic (exact) mass is 255 g/mol. The van der Waals surface area contributed by atoms with Crippen LogP contribution in [0, 0.1) is 6.92 Å². The van der Waals surface area contributed by atoms with Crippen molar-refractivity contribution in [2.75, 3.05) is 13.2 Å². The molecule has 0 amide bonds. The van der Waals surface area contributed by atoms with Crippen molar-refractivity contribution in [3.05, 3.63) is 41.9 Å². The van der Waals surface area contributed by atoms with E-state index in [9.17, 15) is 0 Å². The predicted octanol–water partition coefficient (Wildman–Crippen LogP) is 2.28. The highest BCUT2D eigenvalue weighted by atomic mass is 16.5. The van der Waals surface area contributed by atoms with Crippen molar-refractivity contribution in [1.29, 1.82) is 0 Å². The number of aryl methyl sites for hydroxylation is 1. The summed E-state index contributed by atoms with van der Waals surface area (Å²) in [5, 5.41) is 0. The molecule has 0 spiro atoms. The molecular formula is C15H17N3O. The lowest BCUT2D eigenvalue weighted by Crippen LogP contribution is -2.21. The van der Waals surface area contributed by atoms with Gasteiger partial charge in [-0.2, -0.15) is 0 Å². The zero-order valence-electron chi connectivity index (χ0n) is 11.0. The standard InChI is InChI=1S/C15H17N3O/c1-10-17-7-5-14(18-10)13-4-2-3-12-11(9-16)6-8-19-15(12)13/h2-5,7,11H,6,8-9,16H2,1H3/t11-/m1/s1. The molecule has 19 heavy (non-hydrogen) atoms. The SMILES string of the molecule is Cc1nccc(-c2cccc3c2OCC[C@@H]3CN)n1. The van der Waals surface area contributed by atoms with Crippen molar-refractivity contribution >= 4 is 0 Å². The second-order valence-corrected chi connectivity index (χ2v) is 4.78. The second kappa shape index (κ2) is 4.97. The van der Waals surface area contributed by atoms with E-state index in [1.54, 1.807) is 6.20 Å². The van der Waals surface area contributed by atoms with Gasteiger partial charge in [0.25, 0.3) is 0 Å². The van der Waals surface area contributed by atoms with Gasteiger partial charge in [0.15, 0.2) is 0 Å². The molecule has 0 unspecified atom stereocenters. The molecule has 3 rings (SSSR count). The molecule has 0 saturated carbocycles. The first-order valence-electron chi connectivity index (χ1n) is 6.55. The molecule has 4 nitrogen and oxygen atoms in total. The van der Waals surface area contributed by atoms with Crippen LogP contribution in [0.3, 0.4) is 0 Å². The van der Waals surface area contributed by atoms with Gasteiger partial charge in [0, 0.05) is 17.7 Å². The quantitative estimate of drug-likeness (QED) is 0.894. The summed E-state index contributed by atoms with van der Waals surface area (Å²) in [5.74, 6) is 2.08. The van der Waals surface area contributed by atoms with Gasteiger partial charge in [-0.05, 0) is 37.6 Å². The van der Waals surface area contributed by atoms with Crippen molar-refractivity contribution in [2.24, 2.45) is 5.73 Å². The van der Waals surface area contributed by atoms with Gasteiger partial charge in [-0.1, -0.05) is 12.1 Å². The van der Waals surface area contributed by atoms with Crippen LogP contribution in [0.5, 0.6) is 5.75 Å². The third kappa shape index (κ3) is 2.19. The van der Waals surface area contributed by atoms with E-state index >= 15 is 0 Å². The van der Waals surface area contributed by atoms with Crippen molar-refractivity contribution in [3.8, 4) is 17.0 Å². The van der Waals surface area contributed by atoms with Crippen LogP contribution in [0.25, 0.3) is 11.3 Å². The Morgan fingerprint density at radius 1 is 1.37 bits per heavy atom. The number of aromatic nitrogens is 2. The lowest BCUT2D eigenvalue weighted by Gasteiger charge is -2.26. The van der Waals surface area contributed by atoms with Crippen molar-refractivity contribution in [1.82, 2.24) is 9.97 Å². The second-order valence-electron chi connectivity index (χ2n) is 4.78. The number of hydrogen-bond donors (Lipinski definition) is 1. The third-order valence-electron chi connectivity index (χ3n) is 3.53. The van der Waals surface area contributed by atoms with E-state index in [4.69, 9.17) is 10.5 Å². The van der Waals surface area contributed by atoms with Crippen LogP contribution < -0.4 is 10.5 Å². The highest BCUT2D eigenvalue weighted by molar-refractivity contribution is 5.70. The number of nitrogens with two attached hydrogens (primary N) is 1. The molecule has 1 atom stereocenters. The van der Waals surface area contributed by atoms with Gasteiger partial charge in [0.1, 0.15) is 11.6 Å². The molecular weight excluding hydrogens is 238 g/mol. The molecule has 1 aliphatic rings. The maximum absolute atomic E-state index is 5.86. The van der Waals surface area contributed by atoms with Gasteiger partial charge < -0.3 is 10.5 Å². The first kappa shape index (κ1) is 12.1. The van der Waals surface area contributed by atoms with Crippen molar-refractivity contribution in [2.45, 2.75) is 19.3 Å². The van der Waals surface area contributed by atoms with Crippen LogP contribution in [0.2, 0.25) is 0 Å². The average molecular weight is 255 g/mol. The molecule has 98 valence electrons. The average Bonchev–Trinajstić information content (AvgIpc) is 2.46. The molecule has 2 N–H and O–H groups in total. The Bertz CT molecular complexity index is 598. The summed E-state index contributed by atoms with van der Waals surface area (Å²) in [6.07, 6.45) is 2.76. The Hall–Kier alpha value is -1.94. The molecule has 1 aromatic carbocycles. The van der Waals surface area contributed by atoms with Crippen LogP contribution in [0.15, 0.2) is 30.5 Å². The van der Waals surface area contributed by atoms with Gasteiger partial charge >= 0.3 is 0 Å². The van der Waals surface area contributed by atoms with Gasteiger partial charge in [-0.25, -0.2) is 9.97 Å². The molecule has 2 heterocycles. The molecule has 0 aliphatic carbocycles. The van der Waals surface area contributed by atoms with E-state index in [1.165, 1.54) is 5.56 Å².